The summed E-state index contributed by atoms with van der Waals surface area (Å²) in [6.07, 6.45) is 0. The topological polar surface area (TPSA) is 100 Å². The normalized spacial score (nSPS) is 10.0. The number of carbonyl (C=O) groups is 2. The molecule has 0 spiro atoms. The number of carbonyl (C=O) groups excluding carboxylic acids is 2. The lowest BCUT2D eigenvalue weighted by Gasteiger charge is -2.15. The van der Waals surface area contributed by atoms with Gasteiger partial charge in [0.05, 0.1) is 22.3 Å². The molecule has 3 aromatic carbocycles. The largest absolute Gasteiger partial charge is 0.457 e. The zero-order valence-corrected chi connectivity index (χ0v) is 20.8. The van der Waals surface area contributed by atoms with Crippen molar-refractivity contribution < 1.29 is 19.1 Å². The molecule has 0 atom stereocenters. The fourth-order valence-corrected chi connectivity index (χ4v) is 5.25. The summed E-state index contributed by atoms with van der Waals surface area (Å²) >= 11 is 3.65. The lowest BCUT2D eigenvalue weighted by molar-refractivity contribution is 0.0466. The quantitative estimate of drug-likeness (QED) is 0.264. The summed E-state index contributed by atoms with van der Waals surface area (Å²) < 4.78 is 11.3. The van der Waals surface area contributed by atoms with Crippen LogP contribution in [0.25, 0.3) is 0 Å². The van der Waals surface area contributed by atoms with E-state index in [0.29, 0.717) is 0 Å². The van der Waals surface area contributed by atoms with Gasteiger partial charge in [0, 0.05) is 7.14 Å². The molecule has 0 radical (unpaired) electrons. The van der Waals surface area contributed by atoms with Crippen molar-refractivity contribution in [1.82, 2.24) is 0 Å². The van der Waals surface area contributed by atoms with E-state index in [2.05, 4.69) is 0 Å². The molecule has 0 aliphatic heterocycles. The number of ether oxygens (including phenoxy) is 2. The Bertz CT molecular complexity index is 1250. The van der Waals surface area contributed by atoms with Gasteiger partial charge in [0.15, 0.2) is 0 Å². The summed E-state index contributed by atoms with van der Waals surface area (Å²) in [4.78, 5) is 25.8. The van der Waals surface area contributed by atoms with Crippen LogP contribution in [0.1, 0.15) is 43.0 Å². The van der Waals surface area contributed by atoms with Gasteiger partial charge in [-0.1, -0.05) is 60.7 Å². The maximum atomic E-state index is 12.9. The van der Waals surface area contributed by atoms with Crippen LogP contribution < -0.4 is 0 Å². The van der Waals surface area contributed by atoms with Crippen molar-refractivity contribution in [1.29, 1.82) is 10.5 Å². The van der Waals surface area contributed by atoms with Crippen molar-refractivity contribution in [2.45, 2.75) is 13.2 Å². The minimum Gasteiger partial charge on any atom is -0.457 e. The van der Waals surface area contributed by atoms with Gasteiger partial charge in [-0.05, 0) is 56.3 Å². The van der Waals surface area contributed by atoms with Crippen LogP contribution in [0.3, 0.4) is 0 Å². The summed E-state index contributed by atoms with van der Waals surface area (Å²) in [6.45, 7) is 0.0176. The molecule has 0 saturated carbocycles. The number of rotatable bonds is 6. The fraction of sp³-hybridized carbons (Fsp3) is 0.0833. The predicted octanol–water partition coefficient (Wildman–Crippen LogP) is 5.35. The average molecular weight is 648 g/mol. The lowest BCUT2D eigenvalue weighted by Crippen LogP contribution is -2.18. The zero-order chi connectivity index (χ0) is 23.1. The van der Waals surface area contributed by atoms with Crippen molar-refractivity contribution in [2.75, 3.05) is 0 Å². The second-order valence-corrected chi connectivity index (χ2v) is 8.63. The van der Waals surface area contributed by atoms with Crippen LogP contribution in [-0.4, -0.2) is 11.9 Å². The van der Waals surface area contributed by atoms with Crippen LogP contribution in [-0.2, 0) is 22.7 Å². The van der Waals surface area contributed by atoms with Gasteiger partial charge in [0.1, 0.15) is 25.4 Å². The Labute approximate surface area is 212 Å². The molecular formula is C24H14I2N2O4. The van der Waals surface area contributed by atoms with Gasteiger partial charge in [-0.15, -0.1) is 0 Å². The van der Waals surface area contributed by atoms with E-state index in [1.54, 1.807) is 12.1 Å². The van der Waals surface area contributed by atoms with Crippen LogP contribution >= 0.6 is 45.2 Å². The number of nitriles is 2. The Kier molecular flexibility index (Phi) is 8.20. The van der Waals surface area contributed by atoms with Crippen molar-refractivity contribution in [3.8, 4) is 12.1 Å². The number of nitrogens with zero attached hydrogens (tertiary/aromatic N) is 2. The van der Waals surface area contributed by atoms with Gasteiger partial charge in [-0.25, -0.2) is 9.59 Å². The van der Waals surface area contributed by atoms with Gasteiger partial charge >= 0.3 is 11.9 Å². The Balaban J connectivity index is 1.97. The predicted molar refractivity (Wildman–Crippen MR) is 132 cm³/mol. The Morgan fingerprint density at radius 3 is 1.56 bits per heavy atom. The number of hydrogen-bond donors (Lipinski definition) is 0. The van der Waals surface area contributed by atoms with Gasteiger partial charge < -0.3 is 9.47 Å². The third kappa shape index (κ3) is 5.26. The van der Waals surface area contributed by atoms with Gasteiger partial charge in [-0.2, -0.15) is 10.5 Å². The molecule has 6 nitrogen and oxygen atoms in total. The molecule has 0 amide bonds. The summed E-state index contributed by atoms with van der Waals surface area (Å²) in [6, 6.07) is 22.0. The number of hydrogen-bond acceptors (Lipinski definition) is 6. The van der Waals surface area contributed by atoms with Gasteiger partial charge in [-0.3, -0.25) is 0 Å². The highest BCUT2D eigenvalue weighted by atomic mass is 127. The Hall–Kier alpha value is -2.96. The molecule has 0 heterocycles. The van der Waals surface area contributed by atoms with E-state index in [-0.39, 0.29) is 42.6 Å². The van der Waals surface area contributed by atoms with Crippen LogP contribution in [0.5, 0.6) is 0 Å². The van der Waals surface area contributed by atoms with Crippen LogP contribution in [0, 0.1) is 29.8 Å². The van der Waals surface area contributed by atoms with Gasteiger partial charge in [0.25, 0.3) is 0 Å². The number of esters is 2. The molecular weight excluding hydrogens is 634 g/mol. The molecule has 0 saturated heterocycles. The Morgan fingerprint density at radius 1 is 0.688 bits per heavy atom. The van der Waals surface area contributed by atoms with Crippen LogP contribution in [0.15, 0.2) is 60.7 Å². The molecule has 32 heavy (non-hydrogen) atoms. The molecule has 0 aliphatic carbocycles. The van der Waals surface area contributed by atoms with Crippen LogP contribution in [0.4, 0.5) is 0 Å². The van der Waals surface area contributed by atoms with Gasteiger partial charge in [0.2, 0.25) is 0 Å². The van der Waals surface area contributed by atoms with E-state index in [9.17, 15) is 20.1 Å². The zero-order valence-electron chi connectivity index (χ0n) is 16.5. The summed E-state index contributed by atoms with van der Waals surface area (Å²) in [5.41, 5.74) is 1.31. The molecule has 158 valence electrons. The van der Waals surface area contributed by atoms with E-state index in [0.717, 1.165) is 11.1 Å². The molecule has 8 heteroatoms. The first-order valence-corrected chi connectivity index (χ1v) is 11.4. The maximum Gasteiger partial charge on any atom is 0.340 e. The highest BCUT2D eigenvalue weighted by Crippen LogP contribution is 2.32. The minimum absolute atomic E-state index is 0.0116. The first-order chi connectivity index (χ1) is 15.5. The molecule has 3 aromatic rings. The number of benzene rings is 3. The van der Waals surface area contributed by atoms with Crippen molar-refractivity contribution >= 4 is 57.1 Å². The van der Waals surface area contributed by atoms with Crippen LogP contribution in [0.2, 0.25) is 0 Å². The SMILES string of the molecule is N#Cc1c(I)c(C(=O)OCc2ccccc2)c(I)c(C(=O)OCc2ccccc2)c1C#N. The molecule has 0 N–H and O–H groups in total. The van der Waals surface area contributed by atoms with E-state index in [4.69, 9.17) is 9.47 Å². The summed E-state index contributed by atoms with van der Waals surface area (Å²) in [5, 5.41) is 19.3. The molecule has 0 unspecified atom stereocenters. The monoisotopic (exact) mass is 648 g/mol. The summed E-state index contributed by atoms with van der Waals surface area (Å²) in [5.74, 6) is -1.49. The second-order valence-electron chi connectivity index (χ2n) is 6.48. The van der Waals surface area contributed by atoms with Crippen molar-refractivity contribution in [2.24, 2.45) is 0 Å². The maximum absolute atomic E-state index is 12.9. The molecule has 0 aliphatic rings. The number of halogens is 2. The van der Waals surface area contributed by atoms with Crippen molar-refractivity contribution in [3.63, 3.8) is 0 Å². The third-order valence-electron chi connectivity index (χ3n) is 4.44. The highest BCUT2D eigenvalue weighted by molar-refractivity contribution is 14.1. The van der Waals surface area contributed by atoms with E-state index in [1.165, 1.54) is 0 Å². The van der Waals surface area contributed by atoms with E-state index < -0.39 is 11.9 Å². The molecule has 3 rings (SSSR count). The Morgan fingerprint density at radius 2 is 1.12 bits per heavy atom. The first-order valence-electron chi connectivity index (χ1n) is 9.25. The minimum atomic E-state index is -0.792. The fourth-order valence-electron chi connectivity index (χ4n) is 2.87. The smallest absolute Gasteiger partial charge is 0.340 e. The first kappa shape index (κ1) is 23.7. The standard InChI is InChI=1S/C24H14I2N2O4/c25-21-18(12-28)17(11-27)19(23(29)31-13-15-7-3-1-4-8-15)22(26)20(21)24(30)32-14-16-9-5-2-6-10-16/h1-10H,13-14H2. The average Bonchev–Trinajstić information content (AvgIpc) is 2.82. The molecule has 0 fully saturated rings. The van der Waals surface area contributed by atoms with E-state index in [1.807, 2.05) is 106 Å². The molecule has 0 bridgehead atoms. The summed E-state index contributed by atoms with van der Waals surface area (Å²) in [7, 11) is 0. The highest BCUT2D eigenvalue weighted by Gasteiger charge is 2.30. The molecule has 0 aromatic heterocycles. The lowest BCUT2D eigenvalue weighted by atomic mass is 9.98. The van der Waals surface area contributed by atoms with E-state index >= 15 is 0 Å². The third-order valence-corrected chi connectivity index (χ3v) is 6.59. The van der Waals surface area contributed by atoms with Crippen molar-refractivity contribution in [3.05, 3.63) is 101 Å². The second kappa shape index (κ2) is 11.1.